The van der Waals surface area contributed by atoms with E-state index in [2.05, 4.69) is 0 Å². The van der Waals surface area contributed by atoms with Crippen molar-refractivity contribution in [3.8, 4) is 5.75 Å². The van der Waals surface area contributed by atoms with Gasteiger partial charge in [-0.1, -0.05) is 23.7 Å². The molecule has 0 bridgehead atoms. The van der Waals surface area contributed by atoms with Crippen molar-refractivity contribution >= 4 is 17.6 Å². The highest BCUT2D eigenvalue weighted by Gasteiger charge is 2.22. The highest BCUT2D eigenvalue weighted by atomic mass is 35.5. The second kappa shape index (κ2) is 5.72. The molecule has 1 unspecified atom stereocenters. The maximum atomic E-state index is 11.3. The third kappa shape index (κ3) is 2.65. The molecule has 0 aromatic heterocycles. The van der Waals surface area contributed by atoms with Crippen molar-refractivity contribution in [3.05, 3.63) is 28.8 Å². The smallest absolute Gasteiger partial charge is 0.339 e. The molecule has 16 heavy (non-hydrogen) atoms. The normalized spacial score (nSPS) is 12.0. The lowest BCUT2D eigenvalue weighted by atomic mass is 10.1. The summed E-state index contributed by atoms with van der Waals surface area (Å²) in [7, 11) is 1.46. The van der Waals surface area contributed by atoms with Crippen LogP contribution in [-0.2, 0) is 9.53 Å². The van der Waals surface area contributed by atoms with Crippen molar-refractivity contribution in [2.45, 2.75) is 13.0 Å². The fourth-order valence-corrected chi connectivity index (χ4v) is 1.55. The first-order valence-electron chi connectivity index (χ1n) is 4.78. The van der Waals surface area contributed by atoms with Gasteiger partial charge in [-0.3, -0.25) is 0 Å². The monoisotopic (exact) mass is 244 g/mol. The number of carbonyl (C=O) groups is 1. The number of methoxy groups -OCH3 is 1. The van der Waals surface area contributed by atoms with Gasteiger partial charge in [0.1, 0.15) is 5.75 Å². The van der Waals surface area contributed by atoms with E-state index >= 15 is 0 Å². The first-order valence-corrected chi connectivity index (χ1v) is 5.16. The Morgan fingerprint density at radius 2 is 2.25 bits per heavy atom. The summed E-state index contributed by atoms with van der Waals surface area (Å²) in [4.78, 5) is 11.3. The van der Waals surface area contributed by atoms with Crippen LogP contribution in [0.15, 0.2) is 18.2 Å². The molecule has 0 aliphatic heterocycles. The number of carbonyl (C=O) groups excluding carboxylic acids is 1. The predicted octanol–water partition coefficient (Wildman–Crippen LogP) is 1.95. The minimum absolute atomic E-state index is 0.206. The lowest BCUT2D eigenvalue weighted by Gasteiger charge is -2.13. The Kier molecular flexibility index (Phi) is 4.58. The van der Waals surface area contributed by atoms with E-state index < -0.39 is 12.1 Å². The number of hydrogen-bond acceptors (Lipinski definition) is 4. The second-order valence-corrected chi connectivity index (χ2v) is 3.40. The molecule has 0 fully saturated rings. The van der Waals surface area contributed by atoms with Crippen molar-refractivity contribution in [2.24, 2.45) is 0 Å². The zero-order chi connectivity index (χ0) is 12.1. The highest BCUT2D eigenvalue weighted by Crippen LogP contribution is 2.32. The van der Waals surface area contributed by atoms with Gasteiger partial charge in [-0.15, -0.1) is 0 Å². The Labute approximate surface area is 98.7 Å². The number of benzene rings is 1. The van der Waals surface area contributed by atoms with Crippen molar-refractivity contribution in [1.82, 2.24) is 0 Å². The number of aliphatic hydroxyl groups is 1. The molecule has 5 heteroatoms. The van der Waals surface area contributed by atoms with Crippen molar-refractivity contribution in [2.75, 3.05) is 13.7 Å². The molecule has 1 N–H and O–H groups in total. The Balaban J connectivity index is 2.99. The Morgan fingerprint density at radius 1 is 1.56 bits per heavy atom. The van der Waals surface area contributed by atoms with E-state index in [1.54, 1.807) is 25.1 Å². The van der Waals surface area contributed by atoms with Gasteiger partial charge in [0.25, 0.3) is 0 Å². The number of aliphatic hydroxyl groups excluding tert-OH is 1. The summed E-state index contributed by atoms with van der Waals surface area (Å²) in [5.74, 6) is -0.319. The highest BCUT2D eigenvalue weighted by molar-refractivity contribution is 6.33. The molecular weight excluding hydrogens is 232 g/mol. The van der Waals surface area contributed by atoms with Gasteiger partial charge in [0.05, 0.1) is 18.7 Å². The number of esters is 1. The van der Waals surface area contributed by atoms with E-state index in [0.717, 1.165) is 0 Å². The van der Waals surface area contributed by atoms with Gasteiger partial charge >= 0.3 is 5.97 Å². The summed E-state index contributed by atoms with van der Waals surface area (Å²) in [6.07, 6.45) is -1.39. The Hall–Kier alpha value is -1.26. The lowest BCUT2D eigenvalue weighted by molar-refractivity contribution is -0.153. The number of halogens is 1. The number of rotatable bonds is 4. The topological polar surface area (TPSA) is 55.8 Å². The largest absolute Gasteiger partial charge is 0.495 e. The number of ether oxygens (including phenoxy) is 2. The molecule has 0 heterocycles. The maximum absolute atomic E-state index is 11.3. The van der Waals surface area contributed by atoms with Crippen molar-refractivity contribution < 1.29 is 19.4 Å². The van der Waals surface area contributed by atoms with Crippen LogP contribution in [0.2, 0.25) is 5.02 Å². The van der Waals surface area contributed by atoms with Gasteiger partial charge in [0.2, 0.25) is 0 Å². The molecule has 1 atom stereocenters. The third-order valence-corrected chi connectivity index (χ3v) is 2.42. The minimum atomic E-state index is -1.39. The number of hydrogen-bond donors (Lipinski definition) is 1. The molecule has 1 rings (SSSR count). The van der Waals surface area contributed by atoms with Crippen LogP contribution in [0.25, 0.3) is 0 Å². The molecular formula is C11H13ClO4. The van der Waals surface area contributed by atoms with Crippen LogP contribution < -0.4 is 4.74 Å². The molecule has 1 aromatic carbocycles. The summed E-state index contributed by atoms with van der Waals surface area (Å²) < 4.78 is 9.68. The van der Waals surface area contributed by atoms with Crippen LogP contribution in [0.3, 0.4) is 0 Å². The molecule has 0 spiro atoms. The molecule has 0 radical (unpaired) electrons. The Bertz CT molecular complexity index is 378. The van der Waals surface area contributed by atoms with E-state index in [9.17, 15) is 9.90 Å². The standard InChI is InChI=1S/C11H13ClO4/c1-3-16-11(14)10(13)7-5-4-6-8(15-2)9(7)12/h4-6,10,13H,3H2,1-2H3. The van der Waals surface area contributed by atoms with E-state index in [1.165, 1.54) is 7.11 Å². The molecule has 4 nitrogen and oxygen atoms in total. The van der Waals surface area contributed by atoms with E-state index in [-0.39, 0.29) is 17.2 Å². The summed E-state index contributed by atoms with van der Waals surface area (Å²) in [6, 6.07) is 4.83. The fourth-order valence-electron chi connectivity index (χ4n) is 1.24. The molecule has 0 aliphatic rings. The zero-order valence-corrected chi connectivity index (χ0v) is 9.82. The minimum Gasteiger partial charge on any atom is -0.495 e. The van der Waals surface area contributed by atoms with Gasteiger partial charge in [0.15, 0.2) is 6.10 Å². The molecule has 0 saturated carbocycles. The fraction of sp³-hybridized carbons (Fsp3) is 0.364. The van der Waals surface area contributed by atoms with Gasteiger partial charge in [-0.2, -0.15) is 0 Å². The molecule has 88 valence electrons. The first kappa shape index (κ1) is 12.8. The summed E-state index contributed by atoms with van der Waals surface area (Å²) in [5, 5.41) is 9.92. The van der Waals surface area contributed by atoms with Gasteiger partial charge in [-0.05, 0) is 13.0 Å². The van der Waals surface area contributed by atoms with Crippen molar-refractivity contribution in [3.63, 3.8) is 0 Å². The zero-order valence-electron chi connectivity index (χ0n) is 9.07. The SMILES string of the molecule is CCOC(=O)C(O)c1cccc(OC)c1Cl. The predicted molar refractivity (Wildman–Crippen MR) is 59.6 cm³/mol. The summed E-state index contributed by atoms with van der Waals surface area (Å²) >= 11 is 5.96. The molecule has 1 aromatic rings. The van der Waals surface area contributed by atoms with Crippen LogP contribution in [0.1, 0.15) is 18.6 Å². The van der Waals surface area contributed by atoms with Gasteiger partial charge < -0.3 is 14.6 Å². The summed E-state index contributed by atoms with van der Waals surface area (Å²) in [5.41, 5.74) is 0.277. The van der Waals surface area contributed by atoms with Crippen LogP contribution in [-0.4, -0.2) is 24.8 Å². The van der Waals surface area contributed by atoms with E-state index in [4.69, 9.17) is 21.1 Å². The molecule has 0 saturated heterocycles. The van der Waals surface area contributed by atoms with Crippen LogP contribution >= 0.6 is 11.6 Å². The van der Waals surface area contributed by atoms with Gasteiger partial charge in [-0.25, -0.2) is 4.79 Å². The van der Waals surface area contributed by atoms with Crippen molar-refractivity contribution in [1.29, 1.82) is 0 Å². The first-order chi connectivity index (χ1) is 7.61. The Morgan fingerprint density at radius 3 is 2.81 bits per heavy atom. The van der Waals surface area contributed by atoms with Crippen LogP contribution in [0.5, 0.6) is 5.75 Å². The van der Waals surface area contributed by atoms with Crippen LogP contribution in [0, 0.1) is 0 Å². The maximum Gasteiger partial charge on any atom is 0.339 e. The lowest BCUT2D eigenvalue weighted by Crippen LogP contribution is -2.15. The summed E-state index contributed by atoms with van der Waals surface area (Å²) in [6.45, 7) is 1.87. The molecule has 0 aliphatic carbocycles. The third-order valence-electron chi connectivity index (χ3n) is 2.02. The average Bonchev–Trinajstić information content (AvgIpc) is 2.29. The quantitative estimate of drug-likeness (QED) is 0.823. The van der Waals surface area contributed by atoms with Crippen LogP contribution in [0.4, 0.5) is 0 Å². The van der Waals surface area contributed by atoms with Gasteiger partial charge in [0, 0.05) is 5.56 Å². The molecule has 0 amide bonds. The van der Waals surface area contributed by atoms with E-state index in [0.29, 0.717) is 5.75 Å². The second-order valence-electron chi connectivity index (χ2n) is 3.02. The van der Waals surface area contributed by atoms with E-state index in [1.807, 2.05) is 0 Å². The average molecular weight is 245 g/mol.